The Kier molecular flexibility index (Phi) is 6.60. The lowest BCUT2D eigenvalue weighted by Crippen LogP contribution is -2.46. The van der Waals surface area contributed by atoms with Gasteiger partial charge >= 0.3 is 6.03 Å². The standard InChI is InChI=1S/C22H23ClN4O4/c1-3-22(15-9-5-4-6-10-15)20(30)27(21(31)25-22)14-19(29)26(2)13-18(28)24-17-12-8-7-11-16(17)23/h4-12H,3,13-14H2,1-2H3,(H,24,28)(H,25,31). The van der Waals surface area contributed by atoms with Crippen molar-refractivity contribution < 1.29 is 19.2 Å². The number of anilines is 1. The number of hydrogen-bond acceptors (Lipinski definition) is 4. The first-order chi connectivity index (χ1) is 14.8. The maximum atomic E-state index is 13.1. The van der Waals surface area contributed by atoms with Crippen LogP contribution in [0.3, 0.4) is 0 Å². The first kappa shape index (κ1) is 22.3. The number of imide groups is 1. The number of para-hydroxylation sites is 1. The molecule has 31 heavy (non-hydrogen) atoms. The number of likely N-dealkylation sites (N-methyl/N-ethyl adjacent to an activating group) is 1. The largest absolute Gasteiger partial charge is 0.335 e. The van der Waals surface area contributed by atoms with Crippen molar-refractivity contribution in [3.8, 4) is 0 Å². The average Bonchev–Trinajstić information content (AvgIpc) is 3.01. The fourth-order valence-corrected chi connectivity index (χ4v) is 3.63. The maximum absolute atomic E-state index is 13.1. The molecular formula is C22H23ClN4O4. The molecule has 162 valence electrons. The molecule has 0 saturated carbocycles. The van der Waals surface area contributed by atoms with Crippen LogP contribution >= 0.6 is 11.6 Å². The molecule has 1 aliphatic rings. The fourth-order valence-electron chi connectivity index (χ4n) is 3.44. The molecule has 1 saturated heterocycles. The van der Waals surface area contributed by atoms with Crippen LogP contribution in [0.15, 0.2) is 54.6 Å². The molecule has 0 aliphatic carbocycles. The van der Waals surface area contributed by atoms with Crippen LogP contribution in [0.5, 0.6) is 0 Å². The minimum absolute atomic E-state index is 0.259. The van der Waals surface area contributed by atoms with Crippen molar-refractivity contribution in [3.63, 3.8) is 0 Å². The number of nitrogens with one attached hydrogen (secondary N) is 2. The van der Waals surface area contributed by atoms with Gasteiger partial charge in [-0.3, -0.25) is 19.3 Å². The predicted octanol–water partition coefficient (Wildman–Crippen LogP) is 2.59. The van der Waals surface area contributed by atoms with Gasteiger partial charge in [-0.1, -0.05) is 61.0 Å². The van der Waals surface area contributed by atoms with Crippen LogP contribution in [0.1, 0.15) is 18.9 Å². The van der Waals surface area contributed by atoms with E-state index in [1.807, 2.05) is 6.07 Å². The van der Waals surface area contributed by atoms with Gasteiger partial charge in [-0.05, 0) is 24.1 Å². The molecule has 5 amide bonds. The normalized spacial score (nSPS) is 18.0. The third-order valence-corrected chi connectivity index (χ3v) is 5.55. The highest BCUT2D eigenvalue weighted by atomic mass is 35.5. The van der Waals surface area contributed by atoms with Crippen molar-refractivity contribution in [2.45, 2.75) is 18.9 Å². The van der Waals surface area contributed by atoms with E-state index in [1.54, 1.807) is 55.5 Å². The van der Waals surface area contributed by atoms with Gasteiger partial charge in [0.05, 0.1) is 17.3 Å². The zero-order valence-corrected chi connectivity index (χ0v) is 18.0. The van der Waals surface area contributed by atoms with E-state index in [4.69, 9.17) is 11.6 Å². The van der Waals surface area contributed by atoms with E-state index in [-0.39, 0.29) is 6.54 Å². The SMILES string of the molecule is CCC1(c2ccccc2)NC(=O)N(CC(=O)N(C)CC(=O)Nc2ccccc2Cl)C1=O. The van der Waals surface area contributed by atoms with Gasteiger partial charge in [-0.15, -0.1) is 0 Å². The van der Waals surface area contributed by atoms with E-state index >= 15 is 0 Å². The van der Waals surface area contributed by atoms with E-state index in [2.05, 4.69) is 10.6 Å². The van der Waals surface area contributed by atoms with Crippen LogP contribution in [-0.4, -0.2) is 53.7 Å². The number of urea groups is 1. The van der Waals surface area contributed by atoms with Gasteiger partial charge in [0.15, 0.2) is 0 Å². The van der Waals surface area contributed by atoms with Gasteiger partial charge < -0.3 is 15.5 Å². The van der Waals surface area contributed by atoms with Gasteiger partial charge in [0.25, 0.3) is 5.91 Å². The zero-order valence-electron chi connectivity index (χ0n) is 17.2. The van der Waals surface area contributed by atoms with E-state index in [0.29, 0.717) is 22.7 Å². The lowest BCUT2D eigenvalue weighted by molar-refractivity contribution is -0.139. The van der Waals surface area contributed by atoms with Crippen molar-refractivity contribution in [1.29, 1.82) is 0 Å². The van der Waals surface area contributed by atoms with E-state index in [0.717, 1.165) is 9.80 Å². The zero-order chi connectivity index (χ0) is 22.6. The number of carbonyl (C=O) groups is 4. The topological polar surface area (TPSA) is 98.8 Å². The second kappa shape index (κ2) is 9.18. The average molecular weight is 443 g/mol. The molecule has 2 aromatic carbocycles. The summed E-state index contributed by atoms with van der Waals surface area (Å²) in [5.41, 5.74) is -0.128. The lowest BCUT2D eigenvalue weighted by Gasteiger charge is -2.26. The summed E-state index contributed by atoms with van der Waals surface area (Å²) in [5, 5.41) is 5.73. The summed E-state index contributed by atoms with van der Waals surface area (Å²) in [5.74, 6) is -1.49. The summed E-state index contributed by atoms with van der Waals surface area (Å²) in [6, 6.07) is 15.0. The third-order valence-electron chi connectivity index (χ3n) is 5.22. The van der Waals surface area contributed by atoms with Crippen molar-refractivity contribution in [2.24, 2.45) is 0 Å². The number of halogens is 1. The summed E-state index contributed by atoms with van der Waals surface area (Å²) in [4.78, 5) is 52.6. The molecule has 8 nitrogen and oxygen atoms in total. The molecule has 2 N–H and O–H groups in total. The Morgan fingerprint density at radius 1 is 1.10 bits per heavy atom. The number of rotatable bonds is 7. The fraction of sp³-hybridized carbons (Fsp3) is 0.273. The van der Waals surface area contributed by atoms with Gasteiger partial charge in [0.2, 0.25) is 11.8 Å². The molecule has 1 unspecified atom stereocenters. The monoisotopic (exact) mass is 442 g/mol. The van der Waals surface area contributed by atoms with Gasteiger partial charge in [0, 0.05) is 7.05 Å². The molecule has 9 heteroatoms. The van der Waals surface area contributed by atoms with Crippen molar-refractivity contribution >= 4 is 41.0 Å². The van der Waals surface area contributed by atoms with Gasteiger partial charge in [0.1, 0.15) is 12.1 Å². The molecule has 0 radical (unpaired) electrons. The Morgan fingerprint density at radius 2 is 1.74 bits per heavy atom. The van der Waals surface area contributed by atoms with Crippen LogP contribution in [0.25, 0.3) is 0 Å². The van der Waals surface area contributed by atoms with Crippen LogP contribution in [-0.2, 0) is 19.9 Å². The predicted molar refractivity (Wildman–Crippen MR) is 116 cm³/mol. The van der Waals surface area contributed by atoms with Crippen molar-refractivity contribution in [2.75, 3.05) is 25.5 Å². The van der Waals surface area contributed by atoms with E-state index < -0.39 is 35.8 Å². The number of hydrogen-bond donors (Lipinski definition) is 2. The summed E-state index contributed by atoms with van der Waals surface area (Å²) in [6.07, 6.45) is 0.336. The van der Waals surface area contributed by atoms with Crippen LogP contribution in [0.2, 0.25) is 5.02 Å². The number of carbonyl (C=O) groups excluding carboxylic acids is 4. The Morgan fingerprint density at radius 3 is 2.39 bits per heavy atom. The number of benzene rings is 2. The van der Waals surface area contributed by atoms with Crippen LogP contribution in [0, 0.1) is 0 Å². The van der Waals surface area contributed by atoms with Crippen molar-refractivity contribution in [1.82, 2.24) is 15.1 Å². The third kappa shape index (κ3) is 4.54. The first-order valence-electron chi connectivity index (χ1n) is 9.76. The quantitative estimate of drug-likeness (QED) is 0.644. The lowest BCUT2D eigenvalue weighted by atomic mass is 9.87. The number of amides is 5. The molecule has 3 rings (SSSR count). The maximum Gasteiger partial charge on any atom is 0.325 e. The second-order valence-electron chi connectivity index (χ2n) is 7.22. The van der Waals surface area contributed by atoms with Crippen LogP contribution < -0.4 is 10.6 Å². The molecular weight excluding hydrogens is 420 g/mol. The Hall–Kier alpha value is -3.39. The molecule has 0 aromatic heterocycles. The van der Waals surface area contributed by atoms with E-state index in [9.17, 15) is 19.2 Å². The highest BCUT2D eigenvalue weighted by Crippen LogP contribution is 2.32. The number of nitrogens with zero attached hydrogens (tertiary/aromatic N) is 2. The molecule has 1 atom stereocenters. The Bertz CT molecular complexity index is 1010. The van der Waals surface area contributed by atoms with E-state index in [1.165, 1.54) is 7.05 Å². The molecule has 1 heterocycles. The molecule has 2 aromatic rings. The van der Waals surface area contributed by atoms with Gasteiger partial charge in [-0.25, -0.2) is 4.79 Å². The summed E-state index contributed by atoms with van der Waals surface area (Å²) in [7, 11) is 1.43. The molecule has 1 aliphatic heterocycles. The minimum atomic E-state index is -1.21. The Balaban J connectivity index is 1.65. The second-order valence-corrected chi connectivity index (χ2v) is 7.63. The summed E-state index contributed by atoms with van der Waals surface area (Å²) in [6.45, 7) is 1.07. The summed E-state index contributed by atoms with van der Waals surface area (Å²) >= 11 is 6.02. The molecule has 0 spiro atoms. The Labute approximate surface area is 185 Å². The summed E-state index contributed by atoms with van der Waals surface area (Å²) < 4.78 is 0. The first-order valence-corrected chi connectivity index (χ1v) is 10.1. The minimum Gasteiger partial charge on any atom is -0.335 e. The van der Waals surface area contributed by atoms with Crippen molar-refractivity contribution in [3.05, 3.63) is 65.2 Å². The van der Waals surface area contributed by atoms with Crippen LogP contribution in [0.4, 0.5) is 10.5 Å². The molecule has 1 fully saturated rings. The molecule has 0 bridgehead atoms. The highest BCUT2D eigenvalue weighted by Gasteiger charge is 2.51. The van der Waals surface area contributed by atoms with Gasteiger partial charge in [-0.2, -0.15) is 0 Å². The smallest absolute Gasteiger partial charge is 0.325 e. The highest BCUT2D eigenvalue weighted by molar-refractivity contribution is 6.33.